The van der Waals surface area contributed by atoms with E-state index in [1.54, 1.807) is 13.8 Å². The van der Waals surface area contributed by atoms with Crippen LogP contribution in [0.15, 0.2) is 0 Å². The number of rotatable bonds is 13. The molecule has 0 rings (SSSR count). The van der Waals surface area contributed by atoms with Crippen molar-refractivity contribution in [1.82, 2.24) is 0 Å². The molecule has 8 heteroatoms. The Morgan fingerprint density at radius 3 is 2.32 bits per heavy atom. The average molecular weight is 364 g/mol. The lowest BCUT2D eigenvalue weighted by molar-refractivity contribution is -0.215. The zero-order valence-electron chi connectivity index (χ0n) is 15.4. The van der Waals surface area contributed by atoms with Crippen LogP contribution in [0.2, 0.25) is 0 Å². The van der Waals surface area contributed by atoms with E-state index in [0.717, 1.165) is 19.3 Å². The third kappa shape index (κ3) is 11.1. The van der Waals surface area contributed by atoms with Gasteiger partial charge in [-0.3, -0.25) is 4.79 Å². The molecule has 1 unspecified atom stereocenters. The highest BCUT2D eigenvalue weighted by Crippen LogP contribution is 2.18. The van der Waals surface area contributed by atoms with Crippen molar-refractivity contribution in [1.29, 1.82) is 0 Å². The average Bonchev–Trinajstić information content (AvgIpc) is 2.52. The second-order valence-corrected chi connectivity index (χ2v) is 7.01. The van der Waals surface area contributed by atoms with Crippen LogP contribution < -0.4 is 0 Å². The fourth-order valence-corrected chi connectivity index (χ4v) is 1.84. The number of aliphatic hydroxyl groups is 4. The Balaban J connectivity index is 4.11. The second kappa shape index (κ2) is 11.4. The van der Waals surface area contributed by atoms with Crippen LogP contribution in [0.1, 0.15) is 65.7 Å². The molecule has 0 radical (unpaired) electrons. The van der Waals surface area contributed by atoms with Crippen LogP contribution in [0.3, 0.4) is 0 Å². The fourth-order valence-electron chi connectivity index (χ4n) is 1.84. The van der Waals surface area contributed by atoms with E-state index in [2.05, 4.69) is 0 Å². The summed E-state index contributed by atoms with van der Waals surface area (Å²) < 4.78 is 9.57. The number of unbranched alkanes of at least 4 members (excludes halogenated alkanes) is 2. The van der Waals surface area contributed by atoms with Crippen molar-refractivity contribution >= 4 is 11.9 Å². The summed E-state index contributed by atoms with van der Waals surface area (Å²) in [5.41, 5.74) is -0.691. The molecule has 0 amide bonds. The van der Waals surface area contributed by atoms with Crippen LogP contribution in [0.5, 0.6) is 0 Å². The number of carbonyl (C=O) groups is 2. The van der Waals surface area contributed by atoms with Gasteiger partial charge < -0.3 is 29.9 Å². The normalized spacial score (nSPS) is 13.4. The largest absolute Gasteiger partial charge is 0.461 e. The van der Waals surface area contributed by atoms with Crippen molar-refractivity contribution in [3.63, 3.8) is 0 Å². The Labute approximate surface area is 148 Å². The second-order valence-electron chi connectivity index (χ2n) is 7.01. The van der Waals surface area contributed by atoms with E-state index in [9.17, 15) is 24.9 Å². The smallest absolute Gasteiger partial charge is 0.366 e. The van der Waals surface area contributed by atoms with Gasteiger partial charge in [-0.1, -0.05) is 33.6 Å². The first-order chi connectivity index (χ1) is 11.5. The molecule has 0 heterocycles. The van der Waals surface area contributed by atoms with Gasteiger partial charge in [0.25, 0.3) is 5.79 Å². The number of hydrogen-bond acceptors (Lipinski definition) is 8. The van der Waals surface area contributed by atoms with Crippen molar-refractivity contribution < 1.29 is 39.5 Å². The van der Waals surface area contributed by atoms with E-state index < -0.39 is 35.9 Å². The summed E-state index contributed by atoms with van der Waals surface area (Å²) in [6.45, 7) is 4.93. The summed E-state index contributed by atoms with van der Waals surface area (Å²) in [6.07, 6.45) is 1.26. The standard InChI is InChI=1S/C17H32O8/c1-4-5-6-8-13(19)25-14(20)9-7-10-17(22,23)15(21)24-12-16(2,3)11-18/h13,18-19,22-23H,4-12H2,1-3H3. The van der Waals surface area contributed by atoms with Crippen LogP contribution in [0, 0.1) is 5.41 Å². The first-order valence-electron chi connectivity index (χ1n) is 8.64. The van der Waals surface area contributed by atoms with Gasteiger partial charge in [0.15, 0.2) is 0 Å². The molecule has 8 nitrogen and oxygen atoms in total. The molecule has 0 aromatic carbocycles. The van der Waals surface area contributed by atoms with Gasteiger partial charge in [-0.05, 0) is 12.8 Å². The summed E-state index contributed by atoms with van der Waals surface area (Å²) in [5, 5.41) is 38.0. The Kier molecular flexibility index (Phi) is 10.8. The first kappa shape index (κ1) is 23.8. The molecule has 4 N–H and O–H groups in total. The SMILES string of the molecule is CCCCCC(O)OC(=O)CCCC(O)(O)C(=O)OCC(C)(C)CO. The first-order valence-corrected chi connectivity index (χ1v) is 8.64. The number of esters is 2. The summed E-state index contributed by atoms with van der Waals surface area (Å²) >= 11 is 0. The molecule has 0 aromatic heterocycles. The summed E-state index contributed by atoms with van der Waals surface area (Å²) in [5.74, 6) is -4.62. The quantitative estimate of drug-likeness (QED) is 0.215. The molecule has 0 bridgehead atoms. The Morgan fingerprint density at radius 2 is 1.76 bits per heavy atom. The van der Waals surface area contributed by atoms with Crippen LogP contribution in [-0.4, -0.2) is 57.7 Å². The highest BCUT2D eigenvalue weighted by Gasteiger charge is 2.36. The monoisotopic (exact) mass is 364 g/mol. The lowest BCUT2D eigenvalue weighted by Gasteiger charge is -2.25. The zero-order valence-corrected chi connectivity index (χ0v) is 15.4. The maximum absolute atomic E-state index is 11.7. The maximum Gasteiger partial charge on any atom is 0.366 e. The maximum atomic E-state index is 11.7. The number of hydrogen-bond donors (Lipinski definition) is 4. The topological polar surface area (TPSA) is 134 Å². The minimum atomic E-state index is -2.72. The summed E-state index contributed by atoms with van der Waals surface area (Å²) in [4.78, 5) is 23.2. The highest BCUT2D eigenvalue weighted by molar-refractivity contribution is 5.77. The van der Waals surface area contributed by atoms with Crippen molar-refractivity contribution in [2.24, 2.45) is 5.41 Å². The van der Waals surface area contributed by atoms with Crippen LogP contribution in [0.4, 0.5) is 0 Å². The molecule has 0 spiro atoms. The molecule has 1 atom stereocenters. The summed E-state index contributed by atoms with van der Waals surface area (Å²) in [7, 11) is 0. The highest BCUT2D eigenvalue weighted by atomic mass is 16.6. The van der Waals surface area contributed by atoms with Crippen LogP contribution >= 0.6 is 0 Å². The number of ether oxygens (including phenoxy) is 2. The molecule has 0 saturated heterocycles. The Hall–Kier alpha value is -1.22. The third-order valence-electron chi connectivity index (χ3n) is 3.58. The van der Waals surface area contributed by atoms with Crippen LogP contribution in [0.25, 0.3) is 0 Å². The van der Waals surface area contributed by atoms with E-state index >= 15 is 0 Å². The molecule has 0 aliphatic heterocycles. The van der Waals surface area contributed by atoms with Gasteiger partial charge >= 0.3 is 11.9 Å². The van der Waals surface area contributed by atoms with E-state index in [1.807, 2.05) is 6.92 Å². The van der Waals surface area contributed by atoms with E-state index in [0.29, 0.717) is 6.42 Å². The van der Waals surface area contributed by atoms with Gasteiger partial charge in [-0.15, -0.1) is 0 Å². The van der Waals surface area contributed by atoms with Gasteiger partial charge in [-0.25, -0.2) is 4.79 Å². The van der Waals surface area contributed by atoms with Crippen molar-refractivity contribution in [2.75, 3.05) is 13.2 Å². The summed E-state index contributed by atoms with van der Waals surface area (Å²) in [6, 6.07) is 0. The predicted octanol–water partition coefficient (Wildman–Crippen LogP) is 0.841. The molecule has 0 aliphatic rings. The lowest BCUT2D eigenvalue weighted by atomic mass is 9.96. The van der Waals surface area contributed by atoms with Crippen molar-refractivity contribution in [2.45, 2.75) is 77.8 Å². The number of aliphatic hydroxyl groups excluding tert-OH is 2. The molecule has 25 heavy (non-hydrogen) atoms. The van der Waals surface area contributed by atoms with Gasteiger partial charge in [-0.2, -0.15) is 0 Å². The molecule has 148 valence electrons. The van der Waals surface area contributed by atoms with Crippen LogP contribution in [-0.2, 0) is 19.1 Å². The van der Waals surface area contributed by atoms with Gasteiger partial charge in [0, 0.05) is 24.7 Å². The van der Waals surface area contributed by atoms with Crippen molar-refractivity contribution in [3.8, 4) is 0 Å². The van der Waals surface area contributed by atoms with Gasteiger partial charge in [0.2, 0.25) is 6.29 Å². The third-order valence-corrected chi connectivity index (χ3v) is 3.58. The molecule has 0 fully saturated rings. The molecule has 0 aliphatic carbocycles. The molecular formula is C17H32O8. The minimum Gasteiger partial charge on any atom is -0.461 e. The van der Waals surface area contributed by atoms with Gasteiger partial charge in [0.1, 0.15) is 0 Å². The molecular weight excluding hydrogens is 332 g/mol. The zero-order chi connectivity index (χ0) is 19.5. The Bertz CT molecular complexity index is 405. The van der Waals surface area contributed by atoms with E-state index in [4.69, 9.17) is 14.6 Å². The minimum absolute atomic E-state index is 0.0218. The number of carbonyl (C=O) groups excluding carboxylic acids is 2. The molecule has 0 aromatic rings. The predicted molar refractivity (Wildman–Crippen MR) is 89.1 cm³/mol. The van der Waals surface area contributed by atoms with E-state index in [1.165, 1.54) is 0 Å². The van der Waals surface area contributed by atoms with Gasteiger partial charge in [0.05, 0.1) is 13.2 Å². The fraction of sp³-hybridized carbons (Fsp3) is 0.882. The Morgan fingerprint density at radius 1 is 1.12 bits per heavy atom. The van der Waals surface area contributed by atoms with Crippen molar-refractivity contribution in [3.05, 3.63) is 0 Å². The van der Waals surface area contributed by atoms with E-state index in [-0.39, 0.29) is 26.1 Å². The molecule has 0 saturated carbocycles. The lowest BCUT2D eigenvalue weighted by Crippen LogP contribution is -2.41.